The van der Waals surface area contributed by atoms with E-state index < -0.39 is 10.8 Å². The first-order valence-electron chi connectivity index (χ1n) is 5.57. The van der Waals surface area contributed by atoms with Crippen LogP contribution in [0.25, 0.3) is 0 Å². The Labute approximate surface area is 110 Å². The lowest BCUT2D eigenvalue weighted by atomic mass is 10.2. The summed E-state index contributed by atoms with van der Waals surface area (Å²) in [4.78, 5) is 0. The Bertz CT molecular complexity index is 438. The van der Waals surface area contributed by atoms with Gasteiger partial charge in [0.1, 0.15) is 0 Å². The van der Waals surface area contributed by atoms with Crippen molar-refractivity contribution in [2.75, 3.05) is 38.1 Å². The summed E-state index contributed by atoms with van der Waals surface area (Å²) >= 11 is 0. The Morgan fingerprint density at radius 1 is 1.33 bits per heavy atom. The van der Waals surface area contributed by atoms with Gasteiger partial charge in [-0.25, -0.2) is 0 Å². The maximum absolute atomic E-state index is 11.3. The number of rotatable bonds is 6. The monoisotopic (exact) mass is 272 g/mol. The molecule has 2 unspecified atom stereocenters. The van der Waals surface area contributed by atoms with E-state index in [-0.39, 0.29) is 5.25 Å². The summed E-state index contributed by atoms with van der Waals surface area (Å²) in [6, 6.07) is 3.48. The van der Waals surface area contributed by atoms with Crippen molar-refractivity contribution >= 4 is 22.2 Å². The van der Waals surface area contributed by atoms with Gasteiger partial charge in [-0.05, 0) is 6.92 Å². The smallest absolute Gasteiger partial charge is 0.162 e. The number of nitrogens with two attached hydrogens (primary N) is 1. The van der Waals surface area contributed by atoms with Gasteiger partial charge in [0.05, 0.1) is 25.6 Å². The Balaban J connectivity index is 2.86. The highest BCUT2D eigenvalue weighted by atomic mass is 32.2. The first-order chi connectivity index (χ1) is 8.49. The van der Waals surface area contributed by atoms with Gasteiger partial charge in [0.2, 0.25) is 0 Å². The zero-order chi connectivity index (χ0) is 13.7. The van der Waals surface area contributed by atoms with E-state index in [1.54, 1.807) is 32.6 Å². The van der Waals surface area contributed by atoms with Crippen LogP contribution in [0, 0.1) is 0 Å². The Hall–Kier alpha value is -1.43. The second-order valence-corrected chi connectivity index (χ2v) is 5.79. The van der Waals surface area contributed by atoms with Crippen LogP contribution in [-0.2, 0) is 10.8 Å². The summed E-state index contributed by atoms with van der Waals surface area (Å²) in [5, 5.41) is 3.22. The molecule has 0 aliphatic rings. The van der Waals surface area contributed by atoms with Gasteiger partial charge in [0.25, 0.3) is 0 Å². The Morgan fingerprint density at radius 2 is 1.89 bits per heavy atom. The molecule has 102 valence electrons. The number of benzene rings is 1. The van der Waals surface area contributed by atoms with Gasteiger partial charge in [-0.15, -0.1) is 0 Å². The second kappa shape index (κ2) is 6.49. The molecule has 0 heterocycles. The van der Waals surface area contributed by atoms with Crippen molar-refractivity contribution in [2.45, 2.75) is 12.2 Å². The van der Waals surface area contributed by atoms with E-state index in [1.165, 1.54) is 0 Å². The van der Waals surface area contributed by atoms with Gasteiger partial charge < -0.3 is 20.5 Å². The summed E-state index contributed by atoms with van der Waals surface area (Å²) in [6.07, 6.45) is 1.68. The molecule has 0 bridgehead atoms. The van der Waals surface area contributed by atoms with E-state index >= 15 is 0 Å². The predicted octanol–water partition coefficient (Wildman–Crippen LogP) is 1.46. The molecule has 5 nitrogen and oxygen atoms in total. The Kier molecular flexibility index (Phi) is 5.27. The maximum Gasteiger partial charge on any atom is 0.162 e. The lowest BCUT2D eigenvalue weighted by Gasteiger charge is -2.15. The van der Waals surface area contributed by atoms with Crippen molar-refractivity contribution in [3.63, 3.8) is 0 Å². The van der Waals surface area contributed by atoms with E-state index in [4.69, 9.17) is 15.2 Å². The van der Waals surface area contributed by atoms with Crippen LogP contribution in [-0.4, -0.2) is 36.5 Å². The first kappa shape index (κ1) is 14.6. The molecule has 6 heteroatoms. The SMILES string of the molecule is COc1cc(N)c(NCC(C)S(C)=O)cc1OC. The highest BCUT2D eigenvalue weighted by Gasteiger charge is 2.11. The molecule has 1 aromatic carbocycles. The minimum absolute atomic E-state index is 0.0532. The fourth-order valence-electron chi connectivity index (χ4n) is 1.42. The van der Waals surface area contributed by atoms with E-state index in [1.807, 2.05) is 6.92 Å². The average Bonchev–Trinajstić information content (AvgIpc) is 2.36. The zero-order valence-corrected chi connectivity index (χ0v) is 12.0. The summed E-state index contributed by atoms with van der Waals surface area (Å²) in [7, 11) is 2.27. The first-order valence-corrected chi connectivity index (χ1v) is 7.19. The number of ether oxygens (including phenoxy) is 2. The normalized spacial score (nSPS) is 13.8. The average molecular weight is 272 g/mol. The third-order valence-corrected chi connectivity index (χ3v) is 4.00. The molecule has 0 aliphatic heterocycles. The summed E-state index contributed by atoms with van der Waals surface area (Å²) in [5.74, 6) is 1.20. The topological polar surface area (TPSA) is 73.6 Å². The molecule has 18 heavy (non-hydrogen) atoms. The molecular formula is C12H20N2O3S. The van der Waals surface area contributed by atoms with Crippen LogP contribution in [0.5, 0.6) is 11.5 Å². The predicted molar refractivity (Wildman–Crippen MR) is 76.0 cm³/mol. The molecule has 0 amide bonds. The van der Waals surface area contributed by atoms with Crippen molar-refractivity contribution in [3.8, 4) is 11.5 Å². The van der Waals surface area contributed by atoms with Gasteiger partial charge in [-0.3, -0.25) is 4.21 Å². The highest BCUT2D eigenvalue weighted by Crippen LogP contribution is 2.34. The molecule has 0 saturated heterocycles. The minimum Gasteiger partial charge on any atom is -0.493 e. The lowest BCUT2D eigenvalue weighted by Crippen LogP contribution is -2.21. The molecule has 0 spiro atoms. The second-order valence-electron chi connectivity index (χ2n) is 3.98. The van der Waals surface area contributed by atoms with Crippen LogP contribution in [0.1, 0.15) is 6.92 Å². The van der Waals surface area contributed by atoms with Gasteiger partial charge in [-0.2, -0.15) is 0 Å². The standard InChI is InChI=1S/C12H20N2O3S/c1-8(18(4)15)7-14-10-6-12(17-3)11(16-2)5-9(10)13/h5-6,8,14H,7,13H2,1-4H3. The zero-order valence-electron chi connectivity index (χ0n) is 11.1. The molecule has 1 aromatic rings. The number of nitrogens with one attached hydrogen (secondary N) is 1. The van der Waals surface area contributed by atoms with Crippen molar-refractivity contribution in [1.29, 1.82) is 0 Å². The molecule has 2 atom stereocenters. The van der Waals surface area contributed by atoms with Crippen molar-refractivity contribution < 1.29 is 13.7 Å². The highest BCUT2D eigenvalue weighted by molar-refractivity contribution is 7.84. The molecule has 0 radical (unpaired) electrons. The van der Waals surface area contributed by atoms with E-state index in [0.717, 1.165) is 5.69 Å². The van der Waals surface area contributed by atoms with Crippen molar-refractivity contribution in [3.05, 3.63) is 12.1 Å². The quantitative estimate of drug-likeness (QED) is 0.767. The minimum atomic E-state index is -0.863. The number of methoxy groups -OCH3 is 2. The fraction of sp³-hybridized carbons (Fsp3) is 0.500. The number of nitrogen functional groups attached to an aromatic ring is 1. The van der Waals surface area contributed by atoms with E-state index in [9.17, 15) is 4.21 Å². The van der Waals surface area contributed by atoms with Crippen molar-refractivity contribution in [2.24, 2.45) is 0 Å². The lowest BCUT2D eigenvalue weighted by molar-refractivity contribution is 0.355. The number of anilines is 2. The van der Waals surface area contributed by atoms with Gasteiger partial charge in [0, 0.05) is 41.0 Å². The third kappa shape index (κ3) is 3.53. The number of hydrogen-bond acceptors (Lipinski definition) is 5. The van der Waals surface area contributed by atoms with Crippen LogP contribution in [0.15, 0.2) is 12.1 Å². The van der Waals surface area contributed by atoms with Crippen LogP contribution < -0.4 is 20.5 Å². The molecule has 0 saturated carbocycles. The Morgan fingerprint density at radius 3 is 2.39 bits per heavy atom. The number of hydrogen-bond donors (Lipinski definition) is 2. The molecule has 0 fully saturated rings. The van der Waals surface area contributed by atoms with Gasteiger partial charge >= 0.3 is 0 Å². The van der Waals surface area contributed by atoms with Gasteiger partial charge in [-0.1, -0.05) is 0 Å². The molecule has 1 rings (SSSR count). The van der Waals surface area contributed by atoms with Crippen LogP contribution in [0.4, 0.5) is 11.4 Å². The molecule has 3 N–H and O–H groups in total. The molecule has 0 aromatic heterocycles. The van der Waals surface area contributed by atoms with Crippen LogP contribution in [0.3, 0.4) is 0 Å². The van der Waals surface area contributed by atoms with Crippen LogP contribution in [0.2, 0.25) is 0 Å². The molecule has 0 aliphatic carbocycles. The summed E-state index contributed by atoms with van der Waals surface area (Å²) < 4.78 is 21.6. The fourth-order valence-corrected chi connectivity index (χ4v) is 1.74. The molecular weight excluding hydrogens is 252 g/mol. The van der Waals surface area contributed by atoms with E-state index in [0.29, 0.717) is 23.7 Å². The summed E-state index contributed by atoms with van der Waals surface area (Å²) in [5.41, 5.74) is 7.23. The van der Waals surface area contributed by atoms with Crippen molar-refractivity contribution in [1.82, 2.24) is 0 Å². The largest absolute Gasteiger partial charge is 0.493 e. The van der Waals surface area contributed by atoms with Crippen LogP contribution >= 0.6 is 0 Å². The van der Waals surface area contributed by atoms with E-state index in [2.05, 4.69) is 5.32 Å². The summed E-state index contributed by atoms with van der Waals surface area (Å²) in [6.45, 7) is 2.50. The van der Waals surface area contributed by atoms with Gasteiger partial charge in [0.15, 0.2) is 11.5 Å². The third-order valence-electron chi connectivity index (χ3n) is 2.70. The maximum atomic E-state index is 11.3.